The fourth-order valence-electron chi connectivity index (χ4n) is 4.29. The molecule has 2 aliphatic rings. The second-order valence-corrected chi connectivity index (χ2v) is 7.41. The topological polar surface area (TPSA) is 42.3 Å². The highest BCUT2D eigenvalue weighted by Gasteiger charge is 2.28. The van der Waals surface area contributed by atoms with Crippen molar-refractivity contribution in [2.24, 2.45) is 0 Å². The SMILES string of the molecule is CCN1CCC(c2nn(-c3ccc(OC)cc3)c3c2CCCCN3)CC1. The van der Waals surface area contributed by atoms with Gasteiger partial charge in [-0.3, -0.25) is 0 Å². The van der Waals surface area contributed by atoms with E-state index in [0.717, 1.165) is 30.9 Å². The normalized spacial score (nSPS) is 18.8. The number of likely N-dealkylation sites (tertiary alicyclic amines) is 1. The molecule has 5 nitrogen and oxygen atoms in total. The molecule has 140 valence electrons. The van der Waals surface area contributed by atoms with Crippen molar-refractivity contribution in [2.75, 3.05) is 38.6 Å². The highest BCUT2D eigenvalue weighted by Crippen LogP contribution is 2.36. The summed E-state index contributed by atoms with van der Waals surface area (Å²) in [5.41, 5.74) is 3.89. The van der Waals surface area contributed by atoms with Crippen LogP contribution in [-0.2, 0) is 6.42 Å². The molecule has 0 amide bonds. The zero-order valence-electron chi connectivity index (χ0n) is 16.0. The van der Waals surface area contributed by atoms with Crippen LogP contribution in [0, 0.1) is 0 Å². The van der Waals surface area contributed by atoms with Gasteiger partial charge in [0, 0.05) is 18.0 Å². The van der Waals surface area contributed by atoms with Gasteiger partial charge < -0.3 is 15.0 Å². The lowest BCUT2D eigenvalue weighted by molar-refractivity contribution is 0.220. The molecule has 3 heterocycles. The van der Waals surface area contributed by atoms with Crippen molar-refractivity contribution in [1.29, 1.82) is 0 Å². The van der Waals surface area contributed by atoms with Crippen LogP contribution in [0.25, 0.3) is 5.69 Å². The van der Waals surface area contributed by atoms with Crippen LogP contribution in [0.2, 0.25) is 0 Å². The summed E-state index contributed by atoms with van der Waals surface area (Å²) in [4.78, 5) is 2.55. The minimum absolute atomic E-state index is 0.589. The number of methoxy groups -OCH3 is 1. The van der Waals surface area contributed by atoms with Crippen LogP contribution in [0.4, 0.5) is 5.82 Å². The van der Waals surface area contributed by atoms with E-state index in [0.29, 0.717) is 5.92 Å². The Balaban J connectivity index is 1.69. The van der Waals surface area contributed by atoms with Crippen LogP contribution < -0.4 is 10.1 Å². The molecule has 0 bridgehead atoms. The van der Waals surface area contributed by atoms with Crippen LogP contribution >= 0.6 is 0 Å². The standard InChI is InChI=1S/C21H30N4O/c1-3-24-14-11-16(12-15-24)20-19-6-4-5-13-22-21(19)25(23-20)17-7-9-18(26-2)10-8-17/h7-10,16,22H,3-6,11-15H2,1-2H3. The van der Waals surface area contributed by atoms with E-state index in [1.54, 1.807) is 7.11 Å². The van der Waals surface area contributed by atoms with Crippen molar-refractivity contribution in [3.8, 4) is 11.4 Å². The largest absolute Gasteiger partial charge is 0.497 e. The Labute approximate surface area is 156 Å². The van der Waals surface area contributed by atoms with Gasteiger partial charge in [-0.05, 0) is 76.0 Å². The van der Waals surface area contributed by atoms with Gasteiger partial charge in [0.2, 0.25) is 0 Å². The number of piperidine rings is 1. The Morgan fingerprint density at radius 2 is 1.92 bits per heavy atom. The quantitative estimate of drug-likeness (QED) is 0.906. The van der Waals surface area contributed by atoms with Crippen molar-refractivity contribution in [2.45, 2.75) is 44.9 Å². The molecular weight excluding hydrogens is 324 g/mol. The molecule has 5 heteroatoms. The third kappa shape index (κ3) is 3.32. The predicted molar refractivity (Wildman–Crippen MR) is 106 cm³/mol. The van der Waals surface area contributed by atoms with Gasteiger partial charge in [-0.1, -0.05) is 6.92 Å². The maximum Gasteiger partial charge on any atom is 0.133 e. The smallest absolute Gasteiger partial charge is 0.133 e. The lowest BCUT2D eigenvalue weighted by Crippen LogP contribution is -2.33. The van der Waals surface area contributed by atoms with Gasteiger partial charge in [0.1, 0.15) is 11.6 Å². The van der Waals surface area contributed by atoms with Gasteiger partial charge >= 0.3 is 0 Å². The van der Waals surface area contributed by atoms with E-state index in [9.17, 15) is 0 Å². The van der Waals surface area contributed by atoms with E-state index in [-0.39, 0.29) is 0 Å². The Morgan fingerprint density at radius 3 is 2.62 bits per heavy atom. The Hall–Kier alpha value is -2.01. The molecule has 4 rings (SSSR count). The number of ether oxygens (including phenoxy) is 1. The summed E-state index contributed by atoms with van der Waals surface area (Å²) < 4.78 is 7.44. The molecule has 0 aliphatic carbocycles. The van der Waals surface area contributed by atoms with Gasteiger partial charge in [-0.25, -0.2) is 4.68 Å². The van der Waals surface area contributed by atoms with Gasteiger partial charge in [0.05, 0.1) is 18.5 Å². The fraction of sp³-hybridized carbons (Fsp3) is 0.571. The van der Waals surface area contributed by atoms with E-state index in [4.69, 9.17) is 9.84 Å². The summed E-state index contributed by atoms with van der Waals surface area (Å²) in [6.45, 7) is 6.83. The van der Waals surface area contributed by atoms with E-state index in [1.165, 1.54) is 55.8 Å². The number of nitrogens with one attached hydrogen (secondary N) is 1. The van der Waals surface area contributed by atoms with Gasteiger partial charge in [-0.2, -0.15) is 5.10 Å². The van der Waals surface area contributed by atoms with Crippen LogP contribution in [0.3, 0.4) is 0 Å². The first-order valence-electron chi connectivity index (χ1n) is 10.0. The maximum absolute atomic E-state index is 5.31. The molecule has 0 atom stereocenters. The van der Waals surface area contributed by atoms with Crippen LogP contribution in [0.5, 0.6) is 5.75 Å². The molecule has 0 spiro atoms. The molecule has 0 saturated carbocycles. The molecule has 1 saturated heterocycles. The minimum atomic E-state index is 0.589. The Bertz CT molecular complexity index is 729. The van der Waals surface area contributed by atoms with Gasteiger partial charge in [-0.15, -0.1) is 0 Å². The monoisotopic (exact) mass is 354 g/mol. The summed E-state index contributed by atoms with van der Waals surface area (Å²) in [6, 6.07) is 8.23. The second kappa shape index (κ2) is 7.70. The van der Waals surface area contributed by atoms with Gasteiger partial charge in [0.15, 0.2) is 0 Å². The summed E-state index contributed by atoms with van der Waals surface area (Å²) in [6.07, 6.45) is 6.06. The fourth-order valence-corrected chi connectivity index (χ4v) is 4.29. The summed E-state index contributed by atoms with van der Waals surface area (Å²) in [5.74, 6) is 2.68. The van der Waals surface area contributed by atoms with E-state index >= 15 is 0 Å². The number of nitrogens with zero attached hydrogens (tertiary/aromatic N) is 3. The first kappa shape index (κ1) is 17.4. The molecule has 1 fully saturated rings. The molecule has 26 heavy (non-hydrogen) atoms. The molecule has 0 unspecified atom stereocenters. The van der Waals surface area contributed by atoms with E-state index in [2.05, 4.69) is 34.0 Å². The van der Waals surface area contributed by atoms with Crippen molar-refractivity contribution in [1.82, 2.24) is 14.7 Å². The molecule has 1 aromatic heterocycles. The maximum atomic E-state index is 5.31. The summed E-state index contributed by atoms with van der Waals surface area (Å²) in [7, 11) is 1.71. The minimum Gasteiger partial charge on any atom is -0.497 e. The van der Waals surface area contributed by atoms with Crippen molar-refractivity contribution in [3.05, 3.63) is 35.5 Å². The number of benzene rings is 1. The molecule has 0 radical (unpaired) electrons. The first-order chi connectivity index (χ1) is 12.8. The number of hydrogen-bond donors (Lipinski definition) is 1. The van der Waals surface area contributed by atoms with Crippen molar-refractivity contribution >= 4 is 5.82 Å². The van der Waals surface area contributed by atoms with E-state index < -0.39 is 0 Å². The molecular formula is C21H30N4O. The number of aromatic nitrogens is 2. The average Bonchev–Trinajstić information content (AvgIpc) is 2.89. The van der Waals surface area contributed by atoms with Crippen LogP contribution in [0.15, 0.2) is 24.3 Å². The first-order valence-corrected chi connectivity index (χ1v) is 10.0. The molecule has 2 aromatic rings. The number of anilines is 1. The van der Waals surface area contributed by atoms with Crippen molar-refractivity contribution in [3.63, 3.8) is 0 Å². The van der Waals surface area contributed by atoms with Gasteiger partial charge in [0.25, 0.3) is 0 Å². The van der Waals surface area contributed by atoms with E-state index in [1.807, 2.05) is 12.1 Å². The van der Waals surface area contributed by atoms with Crippen LogP contribution in [0.1, 0.15) is 49.8 Å². The van der Waals surface area contributed by atoms with Crippen molar-refractivity contribution < 1.29 is 4.74 Å². The Kier molecular flexibility index (Phi) is 5.16. The zero-order chi connectivity index (χ0) is 17.9. The summed E-state index contributed by atoms with van der Waals surface area (Å²) in [5, 5.41) is 8.79. The molecule has 1 aromatic carbocycles. The van der Waals surface area contributed by atoms with Crippen LogP contribution in [-0.4, -0.2) is 48.0 Å². The number of rotatable bonds is 4. The number of hydrogen-bond acceptors (Lipinski definition) is 4. The summed E-state index contributed by atoms with van der Waals surface area (Å²) >= 11 is 0. The molecule has 1 N–H and O–H groups in total. The molecule has 2 aliphatic heterocycles. The zero-order valence-corrected chi connectivity index (χ0v) is 16.0. The highest BCUT2D eigenvalue weighted by atomic mass is 16.5. The Morgan fingerprint density at radius 1 is 1.15 bits per heavy atom. The number of fused-ring (bicyclic) bond motifs is 1. The second-order valence-electron chi connectivity index (χ2n) is 7.41. The third-order valence-electron chi connectivity index (χ3n) is 5.90. The third-order valence-corrected chi connectivity index (χ3v) is 5.90. The lowest BCUT2D eigenvalue weighted by atomic mass is 9.90. The lowest BCUT2D eigenvalue weighted by Gasteiger charge is -2.30. The highest BCUT2D eigenvalue weighted by molar-refractivity contribution is 5.55. The average molecular weight is 354 g/mol. The predicted octanol–water partition coefficient (Wildman–Crippen LogP) is 3.83.